The molecule has 11 nitrogen and oxygen atoms in total. The molecule has 0 aliphatic rings. The first-order valence-corrected chi connectivity index (χ1v) is 12.1. The minimum atomic E-state index is -4.46. The maximum absolute atomic E-state index is 12.8. The zero-order chi connectivity index (χ0) is 25.3. The van der Waals surface area contributed by atoms with Crippen LogP contribution in [-0.2, 0) is 29.9 Å². The lowest BCUT2D eigenvalue weighted by atomic mass is 10.0. The number of carboxylic acid groups (broad SMARTS) is 1. The maximum atomic E-state index is 12.8. The van der Waals surface area contributed by atoms with Crippen molar-refractivity contribution in [3.8, 4) is 11.1 Å². The van der Waals surface area contributed by atoms with Gasteiger partial charge in [-0.15, -0.1) is 0 Å². The van der Waals surface area contributed by atoms with Crippen molar-refractivity contribution in [2.24, 2.45) is 5.92 Å². The first kappa shape index (κ1) is 27.1. The van der Waals surface area contributed by atoms with Crippen molar-refractivity contribution in [3.05, 3.63) is 54.4 Å². The Kier molecular flexibility index (Phi) is 9.88. The van der Waals surface area contributed by atoms with Gasteiger partial charge < -0.3 is 20.6 Å². The highest BCUT2D eigenvalue weighted by molar-refractivity contribution is 7.50. The molecule has 5 N–H and O–H groups in total. The highest BCUT2D eigenvalue weighted by Crippen LogP contribution is 2.37. The molecule has 1 aromatic carbocycles. The van der Waals surface area contributed by atoms with E-state index in [4.69, 9.17) is 4.52 Å². The van der Waals surface area contributed by atoms with Crippen LogP contribution in [0.3, 0.4) is 0 Å². The molecule has 0 saturated heterocycles. The average Bonchev–Trinajstić information content (AvgIpc) is 2.77. The molecule has 0 saturated carbocycles. The molecule has 0 radical (unpaired) electrons. The average molecular weight is 492 g/mol. The van der Waals surface area contributed by atoms with Gasteiger partial charge in [0.25, 0.3) is 0 Å². The topological polar surface area (TPSA) is 167 Å². The fraction of sp³-hybridized carbons (Fsp3) is 0.364. The van der Waals surface area contributed by atoms with Crippen LogP contribution in [0.2, 0.25) is 0 Å². The number of pyridine rings is 1. The van der Waals surface area contributed by atoms with Crippen LogP contribution in [0.1, 0.15) is 26.3 Å². The Morgan fingerprint density at radius 2 is 1.79 bits per heavy atom. The van der Waals surface area contributed by atoms with Crippen LogP contribution < -0.4 is 15.7 Å². The van der Waals surface area contributed by atoms with Gasteiger partial charge >= 0.3 is 13.7 Å². The summed E-state index contributed by atoms with van der Waals surface area (Å²) in [5.74, 6) is -2.96. The third-order valence-corrected chi connectivity index (χ3v) is 5.90. The summed E-state index contributed by atoms with van der Waals surface area (Å²) in [5, 5.41) is 16.5. The van der Waals surface area contributed by atoms with Crippen molar-refractivity contribution in [3.63, 3.8) is 0 Å². The molecule has 3 atom stereocenters. The van der Waals surface area contributed by atoms with E-state index in [1.165, 1.54) is 6.92 Å². The molecule has 0 aliphatic carbocycles. The maximum Gasteiger partial charge on any atom is 0.405 e. The molecule has 1 heterocycles. The number of hydrogen-bond acceptors (Lipinski definition) is 6. The summed E-state index contributed by atoms with van der Waals surface area (Å²) < 4.78 is 17.0. The van der Waals surface area contributed by atoms with Crippen molar-refractivity contribution in [1.82, 2.24) is 20.7 Å². The van der Waals surface area contributed by atoms with Crippen molar-refractivity contribution in [2.45, 2.75) is 39.3 Å². The van der Waals surface area contributed by atoms with Gasteiger partial charge in [-0.3, -0.25) is 19.1 Å². The number of aliphatic carboxylic acids is 1. The zero-order valence-corrected chi connectivity index (χ0v) is 20.0. The first-order valence-electron chi connectivity index (χ1n) is 10.5. The van der Waals surface area contributed by atoms with Crippen molar-refractivity contribution in [1.29, 1.82) is 0 Å². The molecule has 0 aliphatic heterocycles. The number of carbonyl (C=O) groups is 3. The van der Waals surface area contributed by atoms with E-state index in [1.807, 2.05) is 24.3 Å². The normalized spacial score (nSPS) is 14.6. The standard InChI is InChI=1S/C22H29N4O7P/c1-14(2)20(26-34(31,32)33-13-24-15(3)27)21(28)25-19(22(29)30)11-16-6-8-17(9-7-16)18-5-4-10-23-12-18/h4-10,12,14,19-20H,11,13H2,1-3H3,(H,24,27)(H,25,28)(H,29,30)(H2,26,31,32)/t19-,20-/m0/s1. The monoisotopic (exact) mass is 492 g/mol. The lowest BCUT2D eigenvalue weighted by Crippen LogP contribution is -2.52. The molecule has 2 amide bonds. The van der Waals surface area contributed by atoms with E-state index in [0.29, 0.717) is 5.56 Å². The highest BCUT2D eigenvalue weighted by Gasteiger charge is 2.33. The van der Waals surface area contributed by atoms with Crippen LogP contribution in [0.15, 0.2) is 48.8 Å². The van der Waals surface area contributed by atoms with Crippen LogP contribution in [-0.4, -0.2) is 51.6 Å². The minimum absolute atomic E-state index is 0.00895. The summed E-state index contributed by atoms with van der Waals surface area (Å²) in [6, 6.07) is 8.43. The van der Waals surface area contributed by atoms with Gasteiger partial charge in [-0.2, -0.15) is 0 Å². The van der Waals surface area contributed by atoms with Gasteiger partial charge in [-0.1, -0.05) is 44.2 Å². The molecular weight excluding hydrogens is 463 g/mol. The molecule has 184 valence electrons. The van der Waals surface area contributed by atoms with E-state index in [-0.39, 0.29) is 6.42 Å². The Labute approximate surface area is 197 Å². The number of carboxylic acids is 1. The largest absolute Gasteiger partial charge is 0.480 e. The Balaban J connectivity index is 2.06. The molecule has 1 aromatic heterocycles. The molecule has 34 heavy (non-hydrogen) atoms. The number of hydrogen-bond donors (Lipinski definition) is 5. The van der Waals surface area contributed by atoms with Gasteiger partial charge in [0.15, 0.2) is 0 Å². The highest BCUT2D eigenvalue weighted by atomic mass is 31.2. The lowest BCUT2D eigenvalue weighted by Gasteiger charge is -2.26. The van der Waals surface area contributed by atoms with E-state index in [1.54, 1.807) is 38.4 Å². The van der Waals surface area contributed by atoms with E-state index < -0.39 is 50.3 Å². The predicted molar refractivity (Wildman–Crippen MR) is 124 cm³/mol. The molecule has 2 rings (SSSR count). The first-order chi connectivity index (χ1) is 16.0. The summed E-state index contributed by atoms with van der Waals surface area (Å²) >= 11 is 0. The van der Waals surface area contributed by atoms with Crippen LogP contribution in [0, 0.1) is 5.92 Å². The quantitative estimate of drug-likeness (QED) is 0.219. The number of carbonyl (C=O) groups excluding carboxylic acids is 2. The van der Waals surface area contributed by atoms with Gasteiger partial charge in [0, 0.05) is 25.7 Å². The number of rotatable bonds is 12. The van der Waals surface area contributed by atoms with Gasteiger partial charge in [-0.25, -0.2) is 14.4 Å². The Hall–Kier alpha value is -3.11. The van der Waals surface area contributed by atoms with Gasteiger partial charge in [0.1, 0.15) is 12.8 Å². The van der Waals surface area contributed by atoms with Crippen LogP contribution >= 0.6 is 7.75 Å². The fourth-order valence-corrected chi connectivity index (χ4v) is 4.09. The second kappa shape index (κ2) is 12.4. The van der Waals surface area contributed by atoms with Gasteiger partial charge in [-0.05, 0) is 28.7 Å². The number of amides is 2. The Bertz CT molecular complexity index is 1030. The Morgan fingerprint density at radius 3 is 2.32 bits per heavy atom. The van der Waals surface area contributed by atoms with Crippen molar-refractivity contribution >= 4 is 25.5 Å². The molecule has 0 spiro atoms. The smallest absolute Gasteiger partial charge is 0.405 e. The zero-order valence-electron chi connectivity index (χ0n) is 19.1. The van der Waals surface area contributed by atoms with E-state index in [9.17, 15) is 28.9 Å². The Morgan fingerprint density at radius 1 is 1.12 bits per heavy atom. The summed E-state index contributed by atoms with van der Waals surface area (Å²) in [7, 11) is -4.46. The summed E-state index contributed by atoms with van der Waals surface area (Å²) in [4.78, 5) is 49.5. The van der Waals surface area contributed by atoms with Crippen molar-refractivity contribution in [2.75, 3.05) is 6.73 Å². The van der Waals surface area contributed by atoms with E-state index in [2.05, 4.69) is 20.7 Å². The number of nitrogens with one attached hydrogen (secondary N) is 3. The predicted octanol–water partition coefficient (Wildman–Crippen LogP) is 1.69. The second-order valence-electron chi connectivity index (χ2n) is 7.92. The van der Waals surface area contributed by atoms with Crippen molar-refractivity contribution < 1.29 is 33.5 Å². The second-order valence-corrected chi connectivity index (χ2v) is 9.48. The minimum Gasteiger partial charge on any atom is -0.480 e. The molecule has 12 heteroatoms. The fourth-order valence-electron chi connectivity index (χ4n) is 3.01. The van der Waals surface area contributed by atoms with Crippen LogP contribution in [0.5, 0.6) is 0 Å². The number of nitrogens with zero attached hydrogens (tertiary/aromatic N) is 1. The SMILES string of the molecule is CC(=O)NCOP(=O)(O)N[C@H](C(=O)N[C@@H](Cc1ccc(-c2cccnc2)cc1)C(=O)O)C(C)C. The summed E-state index contributed by atoms with van der Waals surface area (Å²) in [6.07, 6.45) is 3.39. The number of aromatic nitrogens is 1. The molecular formula is C22H29N4O7P. The third-order valence-electron chi connectivity index (χ3n) is 4.82. The lowest BCUT2D eigenvalue weighted by molar-refractivity contribution is -0.142. The third kappa shape index (κ3) is 8.68. The molecule has 0 bridgehead atoms. The van der Waals surface area contributed by atoms with E-state index in [0.717, 1.165) is 11.1 Å². The van der Waals surface area contributed by atoms with E-state index >= 15 is 0 Å². The summed E-state index contributed by atoms with van der Waals surface area (Å²) in [6.45, 7) is 3.92. The van der Waals surface area contributed by atoms with Gasteiger partial charge in [0.2, 0.25) is 11.8 Å². The van der Waals surface area contributed by atoms with Crippen LogP contribution in [0.25, 0.3) is 11.1 Å². The molecule has 2 aromatic rings. The molecule has 1 unspecified atom stereocenters. The molecule has 0 fully saturated rings. The van der Waals surface area contributed by atoms with Gasteiger partial charge in [0.05, 0.1) is 6.04 Å². The van der Waals surface area contributed by atoms with Crippen LogP contribution in [0.4, 0.5) is 0 Å². The number of benzene rings is 1. The summed E-state index contributed by atoms with van der Waals surface area (Å²) in [5.41, 5.74) is 2.51.